The molecule has 0 saturated carbocycles. The zero-order valence-corrected chi connectivity index (χ0v) is 13.0. The third-order valence-corrected chi connectivity index (χ3v) is 4.42. The molecule has 0 N–H and O–H groups in total. The second-order valence-electron chi connectivity index (χ2n) is 5.87. The molecule has 1 aliphatic heterocycles. The lowest BCUT2D eigenvalue weighted by Crippen LogP contribution is -2.37. The number of benzene rings is 1. The van der Waals surface area contributed by atoms with Crippen molar-refractivity contribution in [1.82, 2.24) is 9.88 Å². The highest BCUT2D eigenvalue weighted by Gasteiger charge is 2.29. The molecule has 1 atom stereocenters. The lowest BCUT2D eigenvalue weighted by Gasteiger charge is -2.24. The maximum Gasteiger partial charge on any atom is 0.254 e. The van der Waals surface area contributed by atoms with E-state index in [-0.39, 0.29) is 11.9 Å². The molecule has 2 heterocycles. The minimum absolute atomic E-state index is 0.154. The van der Waals surface area contributed by atoms with Gasteiger partial charge in [0.2, 0.25) is 0 Å². The molecule has 1 aromatic heterocycles. The Morgan fingerprint density at radius 3 is 2.73 bits per heavy atom. The number of carbonyl (C=O) groups is 1. The third-order valence-electron chi connectivity index (χ3n) is 4.42. The highest BCUT2D eigenvalue weighted by atomic mass is 16.2. The number of aryl methyl sites for hydroxylation is 1. The standard InChI is InChI=1S/C19H22N2O/c1-2-15-8-10-16(11-9-15)19(22)21-13-5-7-18(21)14-17-6-3-4-12-20-17/h3-4,6,8-12,18H,2,5,7,13-14H2,1H3. The van der Waals surface area contributed by atoms with E-state index >= 15 is 0 Å². The molecule has 2 aromatic rings. The van der Waals surface area contributed by atoms with Gasteiger partial charge in [-0.2, -0.15) is 0 Å². The summed E-state index contributed by atoms with van der Waals surface area (Å²) in [5.41, 5.74) is 3.13. The fourth-order valence-electron chi connectivity index (χ4n) is 3.12. The molecule has 3 heteroatoms. The average molecular weight is 294 g/mol. The van der Waals surface area contributed by atoms with E-state index in [9.17, 15) is 4.79 Å². The minimum atomic E-state index is 0.154. The van der Waals surface area contributed by atoms with Gasteiger partial charge in [-0.3, -0.25) is 9.78 Å². The molecule has 22 heavy (non-hydrogen) atoms. The van der Waals surface area contributed by atoms with E-state index in [0.29, 0.717) is 0 Å². The Kier molecular flexibility index (Phi) is 4.52. The molecule has 1 aliphatic rings. The van der Waals surface area contributed by atoms with E-state index in [1.54, 1.807) is 0 Å². The van der Waals surface area contributed by atoms with Gasteiger partial charge in [-0.15, -0.1) is 0 Å². The fraction of sp³-hybridized carbons (Fsp3) is 0.368. The van der Waals surface area contributed by atoms with E-state index in [1.165, 1.54) is 5.56 Å². The second kappa shape index (κ2) is 6.73. The van der Waals surface area contributed by atoms with Gasteiger partial charge in [-0.25, -0.2) is 0 Å². The molecule has 3 nitrogen and oxygen atoms in total. The third kappa shape index (κ3) is 3.19. The van der Waals surface area contributed by atoms with E-state index in [1.807, 2.05) is 41.4 Å². The van der Waals surface area contributed by atoms with Gasteiger partial charge in [-0.1, -0.05) is 25.1 Å². The van der Waals surface area contributed by atoms with Crippen molar-refractivity contribution in [3.8, 4) is 0 Å². The first-order valence-electron chi connectivity index (χ1n) is 8.07. The Morgan fingerprint density at radius 1 is 1.23 bits per heavy atom. The van der Waals surface area contributed by atoms with Crippen molar-refractivity contribution >= 4 is 5.91 Å². The van der Waals surface area contributed by atoms with Crippen LogP contribution in [-0.2, 0) is 12.8 Å². The van der Waals surface area contributed by atoms with E-state index in [4.69, 9.17) is 0 Å². The molecule has 0 radical (unpaired) electrons. The summed E-state index contributed by atoms with van der Waals surface area (Å²) >= 11 is 0. The molecule has 1 amide bonds. The first-order valence-corrected chi connectivity index (χ1v) is 8.07. The van der Waals surface area contributed by atoms with Gasteiger partial charge < -0.3 is 4.90 Å². The van der Waals surface area contributed by atoms with Gasteiger partial charge in [0.05, 0.1) is 0 Å². The van der Waals surface area contributed by atoms with Crippen LogP contribution in [-0.4, -0.2) is 28.4 Å². The largest absolute Gasteiger partial charge is 0.335 e. The molecule has 1 aromatic carbocycles. The normalized spacial score (nSPS) is 17.7. The van der Waals surface area contributed by atoms with Crippen LogP contribution in [0.5, 0.6) is 0 Å². The number of amides is 1. The smallest absolute Gasteiger partial charge is 0.254 e. The van der Waals surface area contributed by atoms with Crippen molar-refractivity contribution in [2.45, 2.75) is 38.6 Å². The lowest BCUT2D eigenvalue weighted by molar-refractivity contribution is 0.0736. The van der Waals surface area contributed by atoms with Crippen LogP contribution < -0.4 is 0 Å². The van der Waals surface area contributed by atoms with Gasteiger partial charge in [0.15, 0.2) is 0 Å². The van der Waals surface area contributed by atoms with Crippen molar-refractivity contribution in [3.05, 3.63) is 65.5 Å². The van der Waals surface area contributed by atoms with Gasteiger partial charge in [0.25, 0.3) is 5.91 Å². The molecular weight excluding hydrogens is 272 g/mol. The number of aromatic nitrogens is 1. The number of nitrogens with zero attached hydrogens (tertiary/aromatic N) is 2. The Balaban J connectivity index is 1.73. The van der Waals surface area contributed by atoms with Gasteiger partial charge in [-0.05, 0) is 49.1 Å². The summed E-state index contributed by atoms with van der Waals surface area (Å²) in [5, 5.41) is 0. The summed E-state index contributed by atoms with van der Waals surface area (Å²) < 4.78 is 0. The summed E-state index contributed by atoms with van der Waals surface area (Å²) in [4.78, 5) is 19.2. The van der Waals surface area contributed by atoms with Gasteiger partial charge in [0, 0.05) is 36.5 Å². The van der Waals surface area contributed by atoms with Crippen molar-refractivity contribution in [1.29, 1.82) is 0 Å². The zero-order chi connectivity index (χ0) is 15.4. The summed E-state index contributed by atoms with van der Waals surface area (Å²) in [7, 11) is 0. The minimum Gasteiger partial charge on any atom is -0.335 e. The lowest BCUT2D eigenvalue weighted by atomic mass is 10.1. The van der Waals surface area contributed by atoms with E-state index in [0.717, 1.165) is 43.5 Å². The number of carbonyl (C=O) groups excluding carboxylic acids is 1. The highest BCUT2D eigenvalue weighted by molar-refractivity contribution is 5.94. The molecule has 1 saturated heterocycles. The number of rotatable bonds is 4. The van der Waals surface area contributed by atoms with Gasteiger partial charge in [0.1, 0.15) is 0 Å². The molecule has 0 bridgehead atoms. The Labute approximate surface area is 132 Å². The first kappa shape index (κ1) is 14.8. The predicted octanol–water partition coefficient (Wildman–Crippen LogP) is 3.49. The maximum absolute atomic E-state index is 12.8. The van der Waals surface area contributed by atoms with Crippen LogP contribution in [0.15, 0.2) is 48.7 Å². The number of hydrogen-bond donors (Lipinski definition) is 0. The predicted molar refractivity (Wildman–Crippen MR) is 87.8 cm³/mol. The molecule has 1 unspecified atom stereocenters. The number of pyridine rings is 1. The Bertz CT molecular complexity index is 622. The van der Waals surface area contributed by atoms with Crippen LogP contribution in [0.4, 0.5) is 0 Å². The van der Waals surface area contributed by atoms with E-state index < -0.39 is 0 Å². The molecule has 3 rings (SSSR count). The van der Waals surface area contributed by atoms with Gasteiger partial charge >= 0.3 is 0 Å². The summed E-state index contributed by atoms with van der Waals surface area (Å²) in [6, 6.07) is 14.3. The Hall–Kier alpha value is -2.16. The maximum atomic E-state index is 12.8. The topological polar surface area (TPSA) is 33.2 Å². The average Bonchev–Trinajstić information content (AvgIpc) is 3.03. The fourth-order valence-corrected chi connectivity index (χ4v) is 3.12. The van der Waals surface area contributed by atoms with Crippen LogP contribution >= 0.6 is 0 Å². The quantitative estimate of drug-likeness (QED) is 0.865. The second-order valence-corrected chi connectivity index (χ2v) is 5.87. The van der Waals surface area contributed by atoms with Crippen molar-refractivity contribution < 1.29 is 4.79 Å². The highest BCUT2D eigenvalue weighted by Crippen LogP contribution is 2.23. The molecule has 1 fully saturated rings. The molecule has 114 valence electrons. The summed E-state index contributed by atoms with van der Waals surface area (Å²) in [6.07, 6.45) is 5.81. The molecule has 0 spiro atoms. The van der Waals surface area contributed by atoms with Crippen LogP contribution in [0.2, 0.25) is 0 Å². The van der Waals surface area contributed by atoms with Crippen LogP contribution in [0, 0.1) is 0 Å². The number of hydrogen-bond acceptors (Lipinski definition) is 2. The van der Waals surface area contributed by atoms with Crippen molar-refractivity contribution in [2.75, 3.05) is 6.54 Å². The monoisotopic (exact) mass is 294 g/mol. The van der Waals surface area contributed by atoms with Crippen LogP contribution in [0.1, 0.15) is 41.4 Å². The molecular formula is C19H22N2O. The summed E-state index contributed by atoms with van der Waals surface area (Å²) in [6.45, 7) is 2.98. The van der Waals surface area contributed by atoms with Crippen molar-refractivity contribution in [2.24, 2.45) is 0 Å². The Morgan fingerprint density at radius 2 is 2.05 bits per heavy atom. The first-order chi connectivity index (χ1) is 10.8. The van der Waals surface area contributed by atoms with E-state index in [2.05, 4.69) is 24.0 Å². The number of likely N-dealkylation sites (tertiary alicyclic amines) is 1. The van der Waals surface area contributed by atoms with Crippen molar-refractivity contribution in [3.63, 3.8) is 0 Å². The molecule has 0 aliphatic carbocycles. The van der Waals surface area contributed by atoms with Crippen LogP contribution in [0.25, 0.3) is 0 Å². The summed E-state index contributed by atoms with van der Waals surface area (Å²) in [5.74, 6) is 0.154. The zero-order valence-electron chi connectivity index (χ0n) is 13.0. The van der Waals surface area contributed by atoms with Crippen LogP contribution in [0.3, 0.4) is 0 Å². The SMILES string of the molecule is CCc1ccc(C(=O)N2CCCC2Cc2ccccn2)cc1.